The van der Waals surface area contributed by atoms with Crippen molar-refractivity contribution in [2.45, 2.75) is 109 Å². The molecule has 176 valence electrons. The lowest BCUT2D eigenvalue weighted by Gasteiger charge is -2.44. The molecule has 4 heteroatoms. The first-order valence-corrected chi connectivity index (χ1v) is 13.3. The van der Waals surface area contributed by atoms with E-state index in [0.29, 0.717) is 29.4 Å². The minimum atomic E-state index is -0.616. The molecule has 0 heterocycles. The van der Waals surface area contributed by atoms with Gasteiger partial charge in [-0.3, -0.25) is 0 Å². The second-order valence-electron chi connectivity index (χ2n) is 11.2. The molecule has 3 rings (SSSR count). The summed E-state index contributed by atoms with van der Waals surface area (Å²) in [6.45, 7) is 12.8. The summed E-state index contributed by atoms with van der Waals surface area (Å²) >= 11 is 2.10. The molecule has 0 aromatic heterocycles. The summed E-state index contributed by atoms with van der Waals surface area (Å²) in [5.41, 5.74) is 3.16. The number of fused-ring (bicyclic) bond motifs is 1. The van der Waals surface area contributed by atoms with Gasteiger partial charge in [-0.05, 0) is 99.4 Å². The predicted octanol–water partition coefficient (Wildman–Crippen LogP) is 5.80. The Balaban J connectivity index is 1.66. The standard InChI is InChI=1S/C27H44O3S/c1-18-21(16-22(28)17-25(18)29)10-9-20-8-6-14-27(5)23(11-12-24(20)27)19(2)31-15-7-13-26(3,4)30/h9-10,19,22-25,28-30H,1,6-8,11-17H2,2-5H3/t19-,22-,23-,24+,25+,27-/m1/s1. The molecule has 0 bridgehead atoms. The fourth-order valence-corrected chi connectivity index (χ4v) is 7.77. The van der Waals surface area contributed by atoms with Crippen LogP contribution in [0.15, 0.2) is 35.5 Å². The molecule has 0 amide bonds. The summed E-state index contributed by atoms with van der Waals surface area (Å²) < 4.78 is 0. The maximum Gasteiger partial charge on any atom is 0.0811 e. The number of aliphatic hydroxyl groups excluding tert-OH is 2. The van der Waals surface area contributed by atoms with Crippen LogP contribution in [0.3, 0.4) is 0 Å². The van der Waals surface area contributed by atoms with Gasteiger partial charge < -0.3 is 15.3 Å². The van der Waals surface area contributed by atoms with Gasteiger partial charge in [0.15, 0.2) is 0 Å². The lowest BCUT2D eigenvalue weighted by molar-refractivity contribution is 0.0705. The van der Waals surface area contributed by atoms with Gasteiger partial charge >= 0.3 is 0 Å². The van der Waals surface area contributed by atoms with E-state index >= 15 is 0 Å². The second-order valence-corrected chi connectivity index (χ2v) is 12.6. The molecular weight excluding hydrogens is 404 g/mol. The smallest absolute Gasteiger partial charge is 0.0811 e. The highest BCUT2D eigenvalue weighted by molar-refractivity contribution is 7.99. The molecule has 31 heavy (non-hydrogen) atoms. The zero-order valence-corrected chi connectivity index (χ0v) is 20.9. The molecule has 0 aliphatic heterocycles. The molecule has 3 aliphatic rings. The van der Waals surface area contributed by atoms with E-state index in [-0.39, 0.29) is 0 Å². The van der Waals surface area contributed by atoms with Crippen LogP contribution >= 0.6 is 11.8 Å². The molecule has 3 aliphatic carbocycles. The van der Waals surface area contributed by atoms with E-state index in [1.807, 2.05) is 13.8 Å². The minimum absolute atomic E-state index is 0.369. The first-order chi connectivity index (χ1) is 14.5. The molecule has 0 unspecified atom stereocenters. The van der Waals surface area contributed by atoms with Crippen LogP contribution in [0.4, 0.5) is 0 Å². The predicted molar refractivity (Wildman–Crippen MR) is 132 cm³/mol. The van der Waals surface area contributed by atoms with Crippen molar-refractivity contribution in [3.63, 3.8) is 0 Å². The average molecular weight is 449 g/mol. The van der Waals surface area contributed by atoms with Gasteiger partial charge in [0.05, 0.1) is 17.8 Å². The highest BCUT2D eigenvalue weighted by Gasteiger charge is 2.50. The lowest BCUT2D eigenvalue weighted by atomic mass is 9.63. The zero-order valence-electron chi connectivity index (χ0n) is 20.1. The summed E-state index contributed by atoms with van der Waals surface area (Å²) in [4.78, 5) is 0. The molecule has 6 atom stereocenters. The third-order valence-corrected chi connectivity index (χ3v) is 9.56. The summed E-state index contributed by atoms with van der Waals surface area (Å²) in [6.07, 6.45) is 12.6. The van der Waals surface area contributed by atoms with E-state index < -0.39 is 17.8 Å². The van der Waals surface area contributed by atoms with Gasteiger partial charge in [0, 0.05) is 11.7 Å². The number of hydrogen-bond acceptors (Lipinski definition) is 4. The fourth-order valence-electron chi connectivity index (χ4n) is 6.41. The number of rotatable bonds is 7. The van der Waals surface area contributed by atoms with Crippen molar-refractivity contribution in [3.05, 3.63) is 35.5 Å². The van der Waals surface area contributed by atoms with E-state index in [1.165, 1.54) is 32.1 Å². The van der Waals surface area contributed by atoms with Gasteiger partial charge in [0.25, 0.3) is 0 Å². The maximum absolute atomic E-state index is 10.1. The summed E-state index contributed by atoms with van der Waals surface area (Å²) in [6, 6.07) is 0. The second kappa shape index (κ2) is 10.2. The molecular formula is C27H44O3S. The van der Waals surface area contributed by atoms with E-state index in [4.69, 9.17) is 0 Å². The van der Waals surface area contributed by atoms with Crippen LogP contribution in [0.5, 0.6) is 0 Å². The van der Waals surface area contributed by atoms with Crippen LogP contribution in [0.2, 0.25) is 0 Å². The van der Waals surface area contributed by atoms with Gasteiger partial charge in [-0.15, -0.1) is 0 Å². The number of aliphatic hydroxyl groups is 3. The maximum atomic E-state index is 10.1. The third-order valence-electron chi connectivity index (χ3n) is 8.18. The van der Waals surface area contributed by atoms with Crippen molar-refractivity contribution in [2.75, 3.05) is 5.75 Å². The number of allylic oxidation sites excluding steroid dienone is 3. The van der Waals surface area contributed by atoms with Crippen molar-refractivity contribution < 1.29 is 15.3 Å². The monoisotopic (exact) mass is 448 g/mol. The Morgan fingerprint density at radius 1 is 1.26 bits per heavy atom. The van der Waals surface area contributed by atoms with Crippen molar-refractivity contribution in [1.29, 1.82) is 0 Å². The van der Waals surface area contributed by atoms with Gasteiger partial charge in [-0.1, -0.05) is 38.2 Å². The molecule has 3 fully saturated rings. The van der Waals surface area contributed by atoms with Gasteiger partial charge in [-0.25, -0.2) is 0 Å². The van der Waals surface area contributed by atoms with Crippen molar-refractivity contribution in [1.82, 2.24) is 0 Å². The molecule has 0 spiro atoms. The number of hydrogen-bond donors (Lipinski definition) is 3. The Morgan fingerprint density at radius 2 is 2.00 bits per heavy atom. The zero-order chi connectivity index (χ0) is 22.8. The Labute approximate surface area is 194 Å². The summed E-state index contributed by atoms with van der Waals surface area (Å²) in [7, 11) is 0. The molecule has 3 nitrogen and oxygen atoms in total. The average Bonchev–Trinajstić information content (AvgIpc) is 3.03. The van der Waals surface area contributed by atoms with E-state index in [2.05, 4.69) is 44.3 Å². The quantitative estimate of drug-likeness (QED) is 0.431. The lowest BCUT2D eigenvalue weighted by Crippen LogP contribution is -2.37. The summed E-state index contributed by atoms with van der Waals surface area (Å²) in [5.74, 6) is 2.52. The molecule has 3 saturated carbocycles. The SMILES string of the molecule is C=C1C(=CC=C2CCC[C@]3(C)[C@@H]([C@@H](C)SCCCC(C)(C)O)CC[C@@H]23)C[C@@H](O)C[C@@H]1O. The molecule has 0 radical (unpaired) electrons. The molecule has 3 N–H and O–H groups in total. The Bertz CT molecular complexity index is 704. The van der Waals surface area contributed by atoms with E-state index in [1.54, 1.807) is 5.57 Å². The normalized spacial score (nSPS) is 38.0. The molecule has 0 saturated heterocycles. The van der Waals surface area contributed by atoms with Crippen molar-refractivity contribution >= 4 is 11.8 Å². The fraction of sp³-hybridized carbons (Fsp3) is 0.778. The van der Waals surface area contributed by atoms with Crippen LogP contribution in [-0.4, -0.2) is 44.1 Å². The van der Waals surface area contributed by atoms with Gasteiger partial charge in [0.2, 0.25) is 0 Å². The third kappa shape index (κ3) is 6.07. The topological polar surface area (TPSA) is 60.7 Å². The molecule has 0 aromatic carbocycles. The van der Waals surface area contributed by atoms with E-state index in [0.717, 1.165) is 35.7 Å². The van der Waals surface area contributed by atoms with E-state index in [9.17, 15) is 15.3 Å². The Hall–Kier alpha value is -0.550. The minimum Gasteiger partial charge on any atom is -0.393 e. The van der Waals surface area contributed by atoms with Crippen LogP contribution in [0, 0.1) is 17.3 Å². The Kier molecular flexibility index (Phi) is 8.22. The highest BCUT2D eigenvalue weighted by atomic mass is 32.2. The van der Waals surface area contributed by atoms with Crippen molar-refractivity contribution in [3.8, 4) is 0 Å². The van der Waals surface area contributed by atoms with Crippen LogP contribution in [0.1, 0.15) is 85.5 Å². The van der Waals surface area contributed by atoms with Crippen molar-refractivity contribution in [2.24, 2.45) is 17.3 Å². The van der Waals surface area contributed by atoms with Crippen LogP contribution < -0.4 is 0 Å². The van der Waals surface area contributed by atoms with Crippen LogP contribution in [0.25, 0.3) is 0 Å². The Morgan fingerprint density at radius 3 is 2.71 bits per heavy atom. The van der Waals surface area contributed by atoms with Gasteiger partial charge in [-0.2, -0.15) is 11.8 Å². The summed E-state index contributed by atoms with van der Waals surface area (Å²) in [5, 5.41) is 30.8. The van der Waals surface area contributed by atoms with Crippen LogP contribution in [-0.2, 0) is 0 Å². The first kappa shape index (κ1) is 25.1. The highest BCUT2D eigenvalue weighted by Crippen LogP contribution is 2.59. The molecule has 0 aromatic rings. The first-order valence-electron chi connectivity index (χ1n) is 12.3. The number of thioether (sulfide) groups is 1. The largest absolute Gasteiger partial charge is 0.393 e. The van der Waals surface area contributed by atoms with Gasteiger partial charge in [0.1, 0.15) is 0 Å².